The number of nitrogens with one attached hydrogen (secondary N) is 1. The molecule has 1 unspecified atom stereocenters. The third-order valence-corrected chi connectivity index (χ3v) is 4.17. The smallest absolute Gasteiger partial charge is 0.323 e. The number of hydrogen-bond acceptors (Lipinski definition) is 4. The number of rotatable bonds is 3. The molecule has 1 atom stereocenters. The first kappa shape index (κ1) is 13.6. The van der Waals surface area contributed by atoms with Crippen LogP contribution in [0.3, 0.4) is 0 Å². The van der Waals surface area contributed by atoms with Crippen molar-refractivity contribution in [3.8, 4) is 0 Å². The van der Waals surface area contributed by atoms with Crippen molar-refractivity contribution >= 4 is 5.97 Å². The van der Waals surface area contributed by atoms with Crippen molar-refractivity contribution in [2.24, 2.45) is 5.92 Å². The fourth-order valence-electron chi connectivity index (χ4n) is 2.83. The predicted molar refractivity (Wildman–Crippen MR) is 75.3 cm³/mol. The quantitative estimate of drug-likeness (QED) is 0.853. The van der Waals surface area contributed by atoms with Gasteiger partial charge in [0.05, 0.1) is 6.61 Å². The molecule has 2 aliphatic rings. The lowest BCUT2D eigenvalue weighted by molar-refractivity contribution is -0.148. The SMILES string of the molecule is O=C(OCC1CCOCC1)C1Cc2ccccc2CN1. The minimum atomic E-state index is -0.204. The van der Waals surface area contributed by atoms with E-state index in [1.807, 2.05) is 12.1 Å². The molecule has 0 radical (unpaired) electrons. The second-order valence-corrected chi connectivity index (χ2v) is 5.59. The van der Waals surface area contributed by atoms with Crippen LogP contribution in [-0.4, -0.2) is 31.8 Å². The highest BCUT2D eigenvalue weighted by atomic mass is 16.5. The highest BCUT2D eigenvalue weighted by molar-refractivity contribution is 5.76. The van der Waals surface area contributed by atoms with Crippen molar-refractivity contribution in [2.45, 2.75) is 31.8 Å². The molecule has 1 fully saturated rings. The van der Waals surface area contributed by atoms with Crippen molar-refractivity contribution in [3.63, 3.8) is 0 Å². The topological polar surface area (TPSA) is 47.6 Å². The Morgan fingerprint density at radius 2 is 2.00 bits per heavy atom. The lowest BCUT2D eigenvalue weighted by Crippen LogP contribution is -2.43. The van der Waals surface area contributed by atoms with Crippen LogP contribution in [0.1, 0.15) is 24.0 Å². The average Bonchev–Trinajstić information content (AvgIpc) is 2.53. The molecule has 3 rings (SSSR count). The summed E-state index contributed by atoms with van der Waals surface area (Å²) in [4.78, 5) is 12.1. The van der Waals surface area contributed by atoms with Gasteiger partial charge in [0.1, 0.15) is 6.04 Å². The molecule has 2 heterocycles. The molecular weight excluding hydrogens is 254 g/mol. The van der Waals surface area contributed by atoms with Crippen LogP contribution in [0.2, 0.25) is 0 Å². The van der Waals surface area contributed by atoms with Crippen molar-refractivity contribution in [2.75, 3.05) is 19.8 Å². The zero-order valence-corrected chi connectivity index (χ0v) is 11.6. The summed E-state index contributed by atoms with van der Waals surface area (Å²) in [6, 6.07) is 8.05. The first-order valence-corrected chi connectivity index (χ1v) is 7.37. The van der Waals surface area contributed by atoms with Crippen LogP contribution in [0, 0.1) is 5.92 Å². The Hall–Kier alpha value is -1.39. The zero-order chi connectivity index (χ0) is 13.8. The van der Waals surface area contributed by atoms with Gasteiger partial charge in [0.25, 0.3) is 0 Å². The summed E-state index contributed by atoms with van der Waals surface area (Å²) in [6.45, 7) is 2.85. The maximum absolute atomic E-state index is 12.1. The molecule has 0 aromatic heterocycles. The Kier molecular flexibility index (Phi) is 4.33. The number of hydrogen-bond donors (Lipinski definition) is 1. The van der Waals surface area contributed by atoms with E-state index in [0.29, 0.717) is 12.5 Å². The summed E-state index contributed by atoms with van der Waals surface area (Å²) in [5, 5.41) is 3.26. The molecule has 1 saturated heterocycles. The van der Waals surface area contributed by atoms with Crippen LogP contribution in [-0.2, 0) is 27.2 Å². The molecule has 4 heteroatoms. The van der Waals surface area contributed by atoms with E-state index in [2.05, 4.69) is 17.4 Å². The summed E-state index contributed by atoms with van der Waals surface area (Å²) in [7, 11) is 0. The molecule has 1 N–H and O–H groups in total. The predicted octanol–water partition coefficient (Wildman–Crippen LogP) is 1.67. The number of benzene rings is 1. The number of carbonyl (C=O) groups excluding carboxylic acids is 1. The van der Waals surface area contributed by atoms with E-state index < -0.39 is 0 Å². The van der Waals surface area contributed by atoms with Gasteiger partial charge in [-0.25, -0.2) is 0 Å². The van der Waals surface area contributed by atoms with Gasteiger partial charge in [-0.1, -0.05) is 24.3 Å². The fourth-order valence-corrected chi connectivity index (χ4v) is 2.83. The van der Waals surface area contributed by atoms with Gasteiger partial charge in [-0.15, -0.1) is 0 Å². The Bertz CT molecular complexity index is 469. The van der Waals surface area contributed by atoms with E-state index in [9.17, 15) is 4.79 Å². The van der Waals surface area contributed by atoms with Crippen LogP contribution in [0.4, 0.5) is 0 Å². The molecule has 0 bridgehead atoms. The minimum absolute atomic E-state index is 0.119. The standard InChI is InChI=1S/C16H21NO3/c18-16(20-11-12-5-7-19-8-6-12)15-9-13-3-1-2-4-14(13)10-17-15/h1-4,12,15,17H,5-11H2. The van der Waals surface area contributed by atoms with Crippen molar-refractivity contribution in [1.29, 1.82) is 0 Å². The van der Waals surface area contributed by atoms with E-state index in [-0.39, 0.29) is 12.0 Å². The zero-order valence-electron chi connectivity index (χ0n) is 11.6. The van der Waals surface area contributed by atoms with Crippen LogP contribution in [0.25, 0.3) is 0 Å². The highest BCUT2D eigenvalue weighted by Gasteiger charge is 2.26. The molecule has 2 aliphatic heterocycles. The second-order valence-electron chi connectivity index (χ2n) is 5.59. The Morgan fingerprint density at radius 3 is 2.80 bits per heavy atom. The third kappa shape index (κ3) is 3.19. The molecule has 20 heavy (non-hydrogen) atoms. The number of esters is 1. The highest BCUT2D eigenvalue weighted by Crippen LogP contribution is 2.18. The van der Waals surface area contributed by atoms with Gasteiger partial charge in [-0.2, -0.15) is 0 Å². The second kappa shape index (κ2) is 6.37. The van der Waals surface area contributed by atoms with Gasteiger partial charge in [0, 0.05) is 19.8 Å². The van der Waals surface area contributed by atoms with Gasteiger partial charge in [-0.3, -0.25) is 4.79 Å². The molecule has 108 valence electrons. The van der Waals surface area contributed by atoms with E-state index in [1.54, 1.807) is 0 Å². The van der Waals surface area contributed by atoms with Crippen LogP contribution >= 0.6 is 0 Å². The van der Waals surface area contributed by atoms with Crippen molar-refractivity contribution in [3.05, 3.63) is 35.4 Å². The van der Waals surface area contributed by atoms with Crippen LogP contribution < -0.4 is 5.32 Å². The first-order chi connectivity index (χ1) is 9.83. The Labute approximate surface area is 119 Å². The molecule has 1 aromatic rings. The largest absolute Gasteiger partial charge is 0.464 e. The minimum Gasteiger partial charge on any atom is -0.464 e. The first-order valence-electron chi connectivity index (χ1n) is 7.37. The summed E-state index contributed by atoms with van der Waals surface area (Å²) in [6.07, 6.45) is 2.71. The summed E-state index contributed by atoms with van der Waals surface area (Å²) < 4.78 is 10.8. The van der Waals surface area contributed by atoms with Gasteiger partial charge < -0.3 is 14.8 Å². The van der Waals surface area contributed by atoms with Crippen molar-refractivity contribution in [1.82, 2.24) is 5.32 Å². The molecule has 0 saturated carbocycles. The molecule has 4 nitrogen and oxygen atoms in total. The van der Waals surface area contributed by atoms with E-state index in [1.165, 1.54) is 11.1 Å². The van der Waals surface area contributed by atoms with Gasteiger partial charge in [-0.05, 0) is 36.3 Å². The average molecular weight is 275 g/mol. The molecular formula is C16H21NO3. The van der Waals surface area contributed by atoms with Gasteiger partial charge >= 0.3 is 5.97 Å². The number of carbonyl (C=O) groups is 1. The van der Waals surface area contributed by atoms with Crippen LogP contribution in [0.15, 0.2) is 24.3 Å². The van der Waals surface area contributed by atoms with Gasteiger partial charge in [0.15, 0.2) is 0 Å². The lowest BCUT2D eigenvalue weighted by Gasteiger charge is -2.26. The summed E-state index contributed by atoms with van der Waals surface area (Å²) in [5.41, 5.74) is 2.53. The van der Waals surface area contributed by atoms with Crippen molar-refractivity contribution < 1.29 is 14.3 Å². The molecule has 0 amide bonds. The maximum Gasteiger partial charge on any atom is 0.323 e. The third-order valence-electron chi connectivity index (χ3n) is 4.17. The summed E-state index contributed by atoms with van der Waals surface area (Å²) >= 11 is 0. The fraction of sp³-hybridized carbons (Fsp3) is 0.562. The molecule has 1 aromatic carbocycles. The van der Waals surface area contributed by atoms with E-state index >= 15 is 0 Å². The Balaban J connectivity index is 1.51. The number of fused-ring (bicyclic) bond motifs is 1. The molecule has 0 spiro atoms. The maximum atomic E-state index is 12.1. The molecule has 0 aliphatic carbocycles. The van der Waals surface area contributed by atoms with E-state index in [4.69, 9.17) is 9.47 Å². The Morgan fingerprint density at radius 1 is 1.25 bits per heavy atom. The number of ether oxygens (including phenoxy) is 2. The lowest BCUT2D eigenvalue weighted by atomic mass is 9.96. The monoisotopic (exact) mass is 275 g/mol. The normalized spacial score (nSPS) is 23.1. The van der Waals surface area contributed by atoms with Gasteiger partial charge in [0.2, 0.25) is 0 Å². The van der Waals surface area contributed by atoms with Crippen LogP contribution in [0.5, 0.6) is 0 Å². The van der Waals surface area contributed by atoms with E-state index in [0.717, 1.165) is 39.0 Å². The summed E-state index contributed by atoms with van der Waals surface area (Å²) in [5.74, 6) is 0.342.